The minimum atomic E-state index is 0.0636. The summed E-state index contributed by atoms with van der Waals surface area (Å²) in [6, 6.07) is 2.42. The zero-order chi connectivity index (χ0) is 13.1. The van der Waals surface area contributed by atoms with Crippen LogP contribution in [0.2, 0.25) is 0 Å². The van der Waals surface area contributed by atoms with E-state index in [9.17, 15) is 4.79 Å². The van der Waals surface area contributed by atoms with Crippen LogP contribution in [0.15, 0.2) is 6.07 Å². The number of rotatable bonds is 3. The highest BCUT2D eigenvalue weighted by molar-refractivity contribution is 5.92. The number of nitrogens with one attached hydrogen (secondary N) is 1. The maximum absolute atomic E-state index is 12.3. The van der Waals surface area contributed by atoms with Crippen molar-refractivity contribution in [1.82, 2.24) is 20.0 Å². The van der Waals surface area contributed by atoms with E-state index >= 15 is 0 Å². The van der Waals surface area contributed by atoms with Crippen LogP contribution in [-0.2, 0) is 7.05 Å². The Balaban J connectivity index is 1.95. The third kappa shape index (κ3) is 2.72. The van der Waals surface area contributed by atoms with Crippen molar-refractivity contribution in [3.05, 3.63) is 17.5 Å². The van der Waals surface area contributed by atoms with E-state index in [2.05, 4.69) is 17.3 Å². The Kier molecular flexibility index (Phi) is 4.01. The molecule has 1 fully saturated rings. The summed E-state index contributed by atoms with van der Waals surface area (Å²) in [6.07, 6.45) is 2.07. The fourth-order valence-electron chi connectivity index (χ4n) is 2.40. The second kappa shape index (κ2) is 5.52. The molecule has 1 N–H and O–H groups in total. The summed E-state index contributed by atoms with van der Waals surface area (Å²) < 4.78 is 1.75. The lowest BCUT2D eigenvalue weighted by Crippen LogP contribution is -2.45. The lowest BCUT2D eigenvalue weighted by atomic mass is 10.0. The molecule has 0 aliphatic carbocycles. The van der Waals surface area contributed by atoms with Gasteiger partial charge in [0.05, 0.1) is 0 Å². The maximum atomic E-state index is 12.3. The van der Waals surface area contributed by atoms with Gasteiger partial charge in [-0.25, -0.2) is 0 Å². The second-order valence-electron chi connectivity index (χ2n) is 4.92. The second-order valence-corrected chi connectivity index (χ2v) is 4.92. The van der Waals surface area contributed by atoms with Crippen LogP contribution in [0.3, 0.4) is 0 Å². The van der Waals surface area contributed by atoms with Crippen molar-refractivity contribution in [3.8, 4) is 0 Å². The van der Waals surface area contributed by atoms with Crippen LogP contribution >= 0.6 is 0 Å². The molecule has 1 aromatic heterocycles. The predicted octanol–water partition coefficient (Wildman–Crippen LogP) is 0.943. The Morgan fingerprint density at radius 2 is 2.17 bits per heavy atom. The topological polar surface area (TPSA) is 50.2 Å². The fraction of sp³-hybridized carbons (Fsp3) is 0.692. The van der Waals surface area contributed by atoms with Gasteiger partial charge in [0.2, 0.25) is 0 Å². The molecule has 0 unspecified atom stereocenters. The van der Waals surface area contributed by atoms with E-state index in [0.29, 0.717) is 11.7 Å². The summed E-state index contributed by atoms with van der Waals surface area (Å²) in [5.41, 5.74) is 1.58. The van der Waals surface area contributed by atoms with Gasteiger partial charge >= 0.3 is 0 Å². The number of aryl methyl sites for hydroxylation is 2. The van der Waals surface area contributed by atoms with Gasteiger partial charge in [-0.05, 0) is 32.4 Å². The molecule has 1 saturated heterocycles. The number of carbonyl (C=O) groups is 1. The third-order valence-electron chi connectivity index (χ3n) is 3.61. The molecule has 18 heavy (non-hydrogen) atoms. The monoisotopic (exact) mass is 250 g/mol. The minimum absolute atomic E-state index is 0.0636. The van der Waals surface area contributed by atoms with Gasteiger partial charge in [0.15, 0.2) is 5.69 Å². The van der Waals surface area contributed by atoms with Gasteiger partial charge in [-0.1, -0.05) is 6.92 Å². The van der Waals surface area contributed by atoms with Crippen LogP contribution in [0, 0.1) is 6.92 Å². The molecule has 5 heteroatoms. The molecule has 0 saturated carbocycles. The number of carbonyl (C=O) groups excluding carboxylic acids is 1. The number of aromatic nitrogens is 2. The van der Waals surface area contributed by atoms with E-state index in [1.165, 1.54) is 0 Å². The van der Waals surface area contributed by atoms with Crippen molar-refractivity contribution in [2.45, 2.75) is 32.7 Å². The summed E-state index contributed by atoms with van der Waals surface area (Å²) >= 11 is 0. The van der Waals surface area contributed by atoms with Gasteiger partial charge in [-0.3, -0.25) is 9.48 Å². The van der Waals surface area contributed by atoms with Crippen LogP contribution in [-0.4, -0.2) is 46.3 Å². The molecule has 5 nitrogen and oxygen atoms in total. The summed E-state index contributed by atoms with van der Waals surface area (Å²) in [4.78, 5) is 14.2. The average Bonchev–Trinajstić information content (AvgIpc) is 2.70. The van der Waals surface area contributed by atoms with Gasteiger partial charge < -0.3 is 10.2 Å². The highest BCUT2D eigenvalue weighted by Gasteiger charge is 2.24. The minimum Gasteiger partial charge on any atom is -0.337 e. The van der Waals surface area contributed by atoms with Gasteiger partial charge in [0.25, 0.3) is 5.91 Å². The number of likely N-dealkylation sites (tertiary alicyclic amines) is 1. The first-order valence-corrected chi connectivity index (χ1v) is 6.65. The molecule has 1 amide bonds. The Morgan fingerprint density at radius 1 is 1.50 bits per heavy atom. The van der Waals surface area contributed by atoms with E-state index in [0.717, 1.165) is 38.2 Å². The van der Waals surface area contributed by atoms with E-state index in [1.807, 2.05) is 24.9 Å². The van der Waals surface area contributed by atoms with Crippen molar-refractivity contribution in [3.63, 3.8) is 0 Å². The first kappa shape index (κ1) is 13.1. The molecule has 0 atom stereocenters. The SMILES string of the molecule is CCNC1CCN(C(=O)c2cc(C)n(C)n2)CC1. The molecule has 1 aliphatic rings. The van der Waals surface area contributed by atoms with Crippen LogP contribution in [0.25, 0.3) is 0 Å². The summed E-state index contributed by atoms with van der Waals surface area (Å²) in [5, 5.41) is 7.69. The van der Waals surface area contributed by atoms with Crippen molar-refractivity contribution < 1.29 is 4.79 Å². The number of amides is 1. The number of nitrogens with zero attached hydrogens (tertiary/aromatic N) is 3. The molecule has 1 aromatic rings. The highest BCUT2D eigenvalue weighted by atomic mass is 16.2. The number of piperidine rings is 1. The quantitative estimate of drug-likeness (QED) is 0.868. The standard InChI is InChI=1S/C13H22N4O/c1-4-14-11-5-7-17(8-6-11)13(18)12-9-10(2)16(3)15-12/h9,11,14H,4-8H2,1-3H3. The Morgan fingerprint density at radius 3 is 2.67 bits per heavy atom. The third-order valence-corrected chi connectivity index (χ3v) is 3.61. The van der Waals surface area contributed by atoms with Crippen molar-refractivity contribution in [2.24, 2.45) is 7.05 Å². The van der Waals surface area contributed by atoms with Crippen molar-refractivity contribution in [1.29, 1.82) is 0 Å². The molecule has 1 aliphatic heterocycles. The summed E-state index contributed by atoms with van der Waals surface area (Å²) in [5.74, 6) is 0.0636. The molecule has 0 radical (unpaired) electrons. The first-order chi connectivity index (χ1) is 8.61. The van der Waals surface area contributed by atoms with E-state index in [-0.39, 0.29) is 5.91 Å². The van der Waals surface area contributed by atoms with Gasteiger partial charge in [-0.2, -0.15) is 5.10 Å². The zero-order valence-corrected chi connectivity index (χ0v) is 11.4. The summed E-state index contributed by atoms with van der Waals surface area (Å²) in [6.45, 7) is 6.73. The molecule has 0 bridgehead atoms. The lowest BCUT2D eigenvalue weighted by molar-refractivity contribution is 0.0699. The van der Waals surface area contributed by atoms with Crippen LogP contribution in [0.1, 0.15) is 35.9 Å². The van der Waals surface area contributed by atoms with Crippen molar-refractivity contribution >= 4 is 5.91 Å². The van der Waals surface area contributed by atoms with E-state index in [1.54, 1.807) is 4.68 Å². The Labute approximate surface area is 108 Å². The average molecular weight is 250 g/mol. The Hall–Kier alpha value is -1.36. The molecular formula is C13H22N4O. The fourth-order valence-corrected chi connectivity index (χ4v) is 2.40. The molecule has 2 heterocycles. The molecular weight excluding hydrogens is 228 g/mol. The molecule has 100 valence electrons. The van der Waals surface area contributed by atoms with Crippen LogP contribution in [0.4, 0.5) is 0 Å². The predicted molar refractivity (Wildman–Crippen MR) is 70.5 cm³/mol. The largest absolute Gasteiger partial charge is 0.337 e. The molecule has 2 rings (SSSR count). The highest BCUT2D eigenvalue weighted by Crippen LogP contribution is 2.13. The lowest BCUT2D eigenvalue weighted by Gasteiger charge is -2.31. The van der Waals surface area contributed by atoms with E-state index < -0.39 is 0 Å². The van der Waals surface area contributed by atoms with Crippen LogP contribution < -0.4 is 5.32 Å². The van der Waals surface area contributed by atoms with Gasteiger partial charge in [-0.15, -0.1) is 0 Å². The Bertz CT molecular complexity index is 399. The normalized spacial score (nSPS) is 17.2. The number of hydrogen-bond acceptors (Lipinski definition) is 3. The number of hydrogen-bond donors (Lipinski definition) is 1. The smallest absolute Gasteiger partial charge is 0.274 e. The maximum Gasteiger partial charge on any atom is 0.274 e. The van der Waals surface area contributed by atoms with Gasteiger partial charge in [0.1, 0.15) is 0 Å². The molecule has 0 spiro atoms. The van der Waals surface area contributed by atoms with Gasteiger partial charge in [0, 0.05) is 31.9 Å². The zero-order valence-electron chi connectivity index (χ0n) is 11.4. The molecule has 0 aromatic carbocycles. The first-order valence-electron chi connectivity index (χ1n) is 6.65. The van der Waals surface area contributed by atoms with Crippen LogP contribution in [0.5, 0.6) is 0 Å². The van der Waals surface area contributed by atoms with E-state index in [4.69, 9.17) is 0 Å². The summed E-state index contributed by atoms with van der Waals surface area (Å²) in [7, 11) is 1.86. The van der Waals surface area contributed by atoms with Crippen molar-refractivity contribution in [2.75, 3.05) is 19.6 Å².